The van der Waals surface area contributed by atoms with Crippen LogP contribution in [0.5, 0.6) is 0 Å². The van der Waals surface area contributed by atoms with E-state index in [0.717, 1.165) is 6.07 Å². The Kier molecular flexibility index (Phi) is 4.85. The molecule has 1 rings (SSSR count). The molecule has 1 aromatic rings. The molecule has 0 radical (unpaired) electrons. The second kappa shape index (κ2) is 5.94. The Morgan fingerprint density at radius 1 is 1.35 bits per heavy atom. The van der Waals surface area contributed by atoms with Crippen LogP contribution in [-0.2, 0) is 6.18 Å². The Morgan fingerprint density at radius 3 is 2.59 bits per heavy atom. The quantitative estimate of drug-likeness (QED) is 0.669. The average Bonchev–Trinajstić information content (AvgIpc) is 2.28. The van der Waals surface area contributed by atoms with Crippen LogP contribution in [0.4, 0.5) is 13.2 Å². The van der Waals surface area contributed by atoms with Gasteiger partial charge in [0.05, 0.1) is 17.2 Å². The molecule has 0 unspecified atom stereocenters. The van der Waals surface area contributed by atoms with Gasteiger partial charge >= 0.3 is 6.18 Å². The predicted octanol–water partition coefficient (Wildman–Crippen LogP) is 3.05. The number of nitriles is 1. The van der Waals surface area contributed by atoms with Crippen molar-refractivity contribution in [3.8, 4) is 6.07 Å². The van der Waals surface area contributed by atoms with Gasteiger partial charge in [-0.2, -0.15) is 18.4 Å². The molecule has 0 saturated carbocycles. The molecule has 92 valence electrons. The fourth-order valence-corrected chi connectivity index (χ4v) is 2.07. The molecule has 6 heteroatoms. The van der Waals surface area contributed by atoms with Crippen LogP contribution in [-0.4, -0.2) is 17.5 Å². The summed E-state index contributed by atoms with van der Waals surface area (Å²) in [6, 6.07) is 5.15. The summed E-state index contributed by atoms with van der Waals surface area (Å²) in [4.78, 5) is 0.449. The van der Waals surface area contributed by atoms with Crippen molar-refractivity contribution in [2.24, 2.45) is 0 Å². The molecule has 17 heavy (non-hydrogen) atoms. The number of aliphatic hydroxyl groups is 1. The zero-order valence-corrected chi connectivity index (χ0v) is 9.61. The Hall–Kier alpha value is -1.19. The number of alkyl halides is 3. The fourth-order valence-electron chi connectivity index (χ4n) is 1.20. The molecule has 0 aromatic heterocycles. The molecule has 0 atom stereocenters. The molecular formula is C11H10F3NOS. The van der Waals surface area contributed by atoms with E-state index in [1.165, 1.54) is 30.0 Å². The monoisotopic (exact) mass is 261 g/mol. The summed E-state index contributed by atoms with van der Waals surface area (Å²) in [6.07, 6.45) is -4.00. The van der Waals surface area contributed by atoms with Crippen molar-refractivity contribution in [3.05, 3.63) is 29.3 Å². The summed E-state index contributed by atoms with van der Waals surface area (Å²) in [5.74, 6) is 0.541. The first-order valence-corrected chi connectivity index (χ1v) is 5.82. The molecule has 0 fully saturated rings. The van der Waals surface area contributed by atoms with Crippen molar-refractivity contribution in [1.29, 1.82) is 5.26 Å². The zero-order chi connectivity index (χ0) is 12.9. The number of thioether (sulfide) groups is 1. The molecule has 0 aliphatic rings. The average molecular weight is 261 g/mol. The second-order valence-corrected chi connectivity index (χ2v) is 4.41. The summed E-state index contributed by atoms with van der Waals surface area (Å²) in [5.41, 5.74) is -1.28. The maximum atomic E-state index is 12.6. The first kappa shape index (κ1) is 13.9. The van der Waals surface area contributed by atoms with Gasteiger partial charge in [-0.25, -0.2) is 0 Å². The van der Waals surface area contributed by atoms with E-state index in [2.05, 4.69) is 0 Å². The summed E-state index contributed by atoms with van der Waals surface area (Å²) in [6.45, 7) is 0.00933. The van der Waals surface area contributed by atoms with E-state index in [1.807, 2.05) is 0 Å². The zero-order valence-electron chi connectivity index (χ0n) is 8.79. The third kappa shape index (κ3) is 3.95. The van der Waals surface area contributed by atoms with Crippen LogP contribution in [0, 0.1) is 11.3 Å². The highest BCUT2D eigenvalue weighted by atomic mass is 32.2. The van der Waals surface area contributed by atoms with E-state index in [0.29, 0.717) is 17.1 Å². The number of nitrogens with zero attached hydrogens (tertiary/aromatic N) is 1. The molecule has 0 bridgehead atoms. The third-order valence-electron chi connectivity index (χ3n) is 1.99. The highest BCUT2D eigenvalue weighted by Gasteiger charge is 2.33. The normalized spacial score (nSPS) is 11.2. The van der Waals surface area contributed by atoms with E-state index in [9.17, 15) is 13.2 Å². The van der Waals surface area contributed by atoms with Crippen LogP contribution in [0.2, 0.25) is 0 Å². The smallest absolute Gasteiger partial charge is 0.396 e. The highest BCUT2D eigenvalue weighted by Crippen LogP contribution is 2.34. The molecule has 1 N–H and O–H groups in total. The van der Waals surface area contributed by atoms with Crippen LogP contribution in [0.1, 0.15) is 17.5 Å². The molecular weight excluding hydrogens is 251 g/mol. The Bertz CT molecular complexity index is 426. The Balaban J connectivity index is 2.94. The van der Waals surface area contributed by atoms with E-state index in [-0.39, 0.29) is 12.2 Å². The van der Waals surface area contributed by atoms with Crippen molar-refractivity contribution in [3.63, 3.8) is 0 Å². The van der Waals surface area contributed by atoms with Gasteiger partial charge < -0.3 is 5.11 Å². The van der Waals surface area contributed by atoms with E-state index in [1.54, 1.807) is 0 Å². The number of rotatable bonds is 4. The van der Waals surface area contributed by atoms with Gasteiger partial charge in [-0.15, -0.1) is 11.8 Å². The largest absolute Gasteiger partial charge is 0.417 e. The molecule has 0 aliphatic heterocycles. The number of benzene rings is 1. The van der Waals surface area contributed by atoms with Crippen LogP contribution >= 0.6 is 11.8 Å². The van der Waals surface area contributed by atoms with Crippen molar-refractivity contribution < 1.29 is 18.3 Å². The van der Waals surface area contributed by atoms with Crippen LogP contribution in [0.25, 0.3) is 0 Å². The minimum absolute atomic E-state index is 0.00933. The second-order valence-electron chi connectivity index (χ2n) is 3.24. The van der Waals surface area contributed by atoms with Gasteiger partial charge in [0.25, 0.3) is 0 Å². The lowest BCUT2D eigenvalue weighted by Gasteiger charge is -2.10. The molecule has 0 saturated heterocycles. The summed E-state index contributed by atoms with van der Waals surface area (Å²) in [5, 5.41) is 17.2. The van der Waals surface area contributed by atoms with Gasteiger partial charge in [-0.1, -0.05) is 0 Å². The van der Waals surface area contributed by atoms with E-state index >= 15 is 0 Å². The standard InChI is InChI=1S/C11H10F3NOS/c12-11(13,14)10-6-9(17-5-1-4-16)3-2-8(10)7-15/h2-3,6,16H,1,4-5H2. The highest BCUT2D eigenvalue weighted by molar-refractivity contribution is 7.99. The van der Waals surface area contributed by atoms with Crippen molar-refractivity contribution in [2.75, 3.05) is 12.4 Å². The topological polar surface area (TPSA) is 44.0 Å². The summed E-state index contributed by atoms with van der Waals surface area (Å²) >= 11 is 1.23. The summed E-state index contributed by atoms with van der Waals surface area (Å²) < 4.78 is 37.8. The molecule has 0 amide bonds. The maximum absolute atomic E-state index is 12.6. The van der Waals surface area contributed by atoms with Crippen molar-refractivity contribution in [2.45, 2.75) is 17.5 Å². The number of hydrogen-bond donors (Lipinski definition) is 1. The lowest BCUT2D eigenvalue weighted by Crippen LogP contribution is -2.07. The first-order valence-electron chi connectivity index (χ1n) is 4.84. The number of aliphatic hydroxyl groups excluding tert-OH is 1. The van der Waals surface area contributed by atoms with Gasteiger partial charge in [0.1, 0.15) is 0 Å². The maximum Gasteiger partial charge on any atom is 0.417 e. The lowest BCUT2D eigenvalue weighted by atomic mass is 10.1. The predicted molar refractivity (Wildman–Crippen MR) is 58.6 cm³/mol. The van der Waals surface area contributed by atoms with Gasteiger partial charge in [0.2, 0.25) is 0 Å². The van der Waals surface area contributed by atoms with Gasteiger partial charge in [-0.3, -0.25) is 0 Å². The Morgan fingerprint density at radius 2 is 2.06 bits per heavy atom. The van der Waals surface area contributed by atoms with Gasteiger partial charge in [0.15, 0.2) is 0 Å². The van der Waals surface area contributed by atoms with Crippen LogP contribution in [0.15, 0.2) is 23.1 Å². The molecule has 0 spiro atoms. The number of hydrogen-bond acceptors (Lipinski definition) is 3. The van der Waals surface area contributed by atoms with Gasteiger partial charge in [0, 0.05) is 17.3 Å². The fraction of sp³-hybridized carbons (Fsp3) is 0.364. The van der Waals surface area contributed by atoms with E-state index < -0.39 is 11.7 Å². The summed E-state index contributed by atoms with van der Waals surface area (Å²) in [7, 11) is 0. The van der Waals surface area contributed by atoms with Crippen LogP contribution in [0.3, 0.4) is 0 Å². The molecule has 2 nitrogen and oxygen atoms in total. The number of halogens is 3. The van der Waals surface area contributed by atoms with E-state index in [4.69, 9.17) is 10.4 Å². The SMILES string of the molecule is N#Cc1ccc(SCCCO)cc1C(F)(F)F. The lowest BCUT2D eigenvalue weighted by molar-refractivity contribution is -0.137. The first-order chi connectivity index (χ1) is 7.99. The van der Waals surface area contributed by atoms with Gasteiger partial charge in [-0.05, 0) is 24.6 Å². The molecule has 0 heterocycles. The third-order valence-corrected chi connectivity index (χ3v) is 3.07. The molecule has 1 aromatic carbocycles. The van der Waals surface area contributed by atoms with Crippen LogP contribution < -0.4 is 0 Å². The minimum Gasteiger partial charge on any atom is -0.396 e. The van der Waals surface area contributed by atoms with Crippen molar-refractivity contribution >= 4 is 11.8 Å². The minimum atomic E-state index is -4.52. The Labute approximate surface area is 101 Å². The molecule has 0 aliphatic carbocycles. The van der Waals surface area contributed by atoms with Crippen molar-refractivity contribution in [1.82, 2.24) is 0 Å².